The molecule has 7 heteroatoms. The third kappa shape index (κ3) is 2.92. The van der Waals surface area contributed by atoms with Gasteiger partial charge in [0.1, 0.15) is 5.75 Å². The van der Waals surface area contributed by atoms with Crippen molar-refractivity contribution in [2.75, 3.05) is 7.11 Å². The Morgan fingerprint density at radius 1 is 1.20 bits per heavy atom. The lowest BCUT2D eigenvalue weighted by molar-refractivity contribution is -0.163. The summed E-state index contributed by atoms with van der Waals surface area (Å²) in [5, 5.41) is 0. The Labute approximate surface area is 112 Å². The van der Waals surface area contributed by atoms with Crippen molar-refractivity contribution in [3.05, 3.63) is 29.3 Å². The van der Waals surface area contributed by atoms with Crippen LogP contribution in [0.25, 0.3) is 0 Å². The van der Waals surface area contributed by atoms with Crippen molar-refractivity contribution in [3.8, 4) is 5.75 Å². The number of hydrogen-bond acceptors (Lipinski definition) is 4. The third-order valence-corrected chi connectivity index (χ3v) is 3.05. The summed E-state index contributed by atoms with van der Waals surface area (Å²) < 4.78 is 47.5. The van der Waals surface area contributed by atoms with Gasteiger partial charge in [0.05, 0.1) is 25.5 Å². The maximum absolute atomic E-state index is 12.7. The Morgan fingerprint density at radius 3 is 2.30 bits per heavy atom. The average molecular weight is 288 g/mol. The molecule has 1 aliphatic rings. The molecule has 1 heterocycles. The van der Waals surface area contributed by atoms with Crippen LogP contribution < -0.4 is 4.74 Å². The molecule has 0 atom stereocenters. The van der Waals surface area contributed by atoms with E-state index in [4.69, 9.17) is 4.74 Å². The molecule has 0 radical (unpaired) electrons. The topological polar surface area (TPSA) is 52.6 Å². The van der Waals surface area contributed by atoms with Crippen LogP contribution in [0.1, 0.15) is 29.9 Å². The summed E-state index contributed by atoms with van der Waals surface area (Å²) in [6.07, 6.45) is -4.80. The molecule has 0 bridgehead atoms. The highest BCUT2D eigenvalue weighted by Gasteiger charge is 2.34. The third-order valence-electron chi connectivity index (χ3n) is 3.05. The maximum Gasteiger partial charge on any atom is 0.416 e. The summed E-state index contributed by atoms with van der Waals surface area (Å²) in [6.45, 7) is 0. The molecular formula is C13H11F3O4. The molecule has 0 aliphatic carbocycles. The number of ether oxygens (including phenoxy) is 2. The summed E-state index contributed by atoms with van der Waals surface area (Å²) in [5.74, 6) is -1.94. The molecule has 1 fully saturated rings. The van der Waals surface area contributed by atoms with Gasteiger partial charge in [0, 0.05) is 5.92 Å². The predicted molar refractivity (Wildman–Crippen MR) is 61.1 cm³/mol. The number of carbonyl (C=O) groups excluding carboxylic acids is 2. The van der Waals surface area contributed by atoms with Gasteiger partial charge in [-0.05, 0) is 23.8 Å². The number of esters is 2. The van der Waals surface area contributed by atoms with E-state index in [1.807, 2.05) is 0 Å². The number of carbonyl (C=O) groups is 2. The van der Waals surface area contributed by atoms with Crippen molar-refractivity contribution in [2.45, 2.75) is 24.9 Å². The van der Waals surface area contributed by atoms with E-state index in [0.29, 0.717) is 0 Å². The van der Waals surface area contributed by atoms with Gasteiger partial charge in [-0.2, -0.15) is 13.2 Å². The lowest BCUT2D eigenvalue weighted by Crippen LogP contribution is -2.24. The molecule has 2 rings (SSSR count). The van der Waals surface area contributed by atoms with Gasteiger partial charge in [0.15, 0.2) is 0 Å². The Kier molecular flexibility index (Phi) is 3.69. The molecule has 108 valence electrons. The first-order valence-electron chi connectivity index (χ1n) is 5.80. The maximum atomic E-state index is 12.7. The van der Waals surface area contributed by atoms with Gasteiger partial charge in [-0.15, -0.1) is 0 Å². The summed E-state index contributed by atoms with van der Waals surface area (Å²) in [5.41, 5.74) is -0.660. The molecular weight excluding hydrogens is 277 g/mol. The molecule has 20 heavy (non-hydrogen) atoms. The van der Waals surface area contributed by atoms with E-state index < -0.39 is 29.6 Å². The van der Waals surface area contributed by atoms with Crippen LogP contribution in [0.5, 0.6) is 5.75 Å². The number of halogens is 3. The zero-order valence-corrected chi connectivity index (χ0v) is 10.5. The fourth-order valence-corrected chi connectivity index (χ4v) is 2.13. The summed E-state index contributed by atoms with van der Waals surface area (Å²) >= 11 is 0. The fraction of sp³-hybridized carbons (Fsp3) is 0.385. The largest absolute Gasteiger partial charge is 0.496 e. The van der Waals surface area contributed by atoms with E-state index in [0.717, 1.165) is 12.1 Å². The van der Waals surface area contributed by atoms with Crippen molar-refractivity contribution in [2.24, 2.45) is 0 Å². The SMILES string of the molecule is COc1ccc(C(F)(F)F)cc1C1CC(=O)OC(=O)C1. The van der Waals surface area contributed by atoms with E-state index in [1.54, 1.807) is 0 Å². The molecule has 0 aromatic heterocycles. The van der Waals surface area contributed by atoms with Crippen LogP contribution in [0.15, 0.2) is 18.2 Å². The van der Waals surface area contributed by atoms with E-state index in [1.165, 1.54) is 13.2 Å². The van der Waals surface area contributed by atoms with E-state index in [9.17, 15) is 22.8 Å². The number of benzene rings is 1. The minimum Gasteiger partial charge on any atom is -0.496 e. The lowest BCUT2D eigenvalue weighted by Gasteiger charge is -2.23. The fourth-order valence-electron chi connectivity index (χ4n) is 2.13. The van der Waals surface area contributed by atoms with Gasteiger partial charge in [-0.1, -0.05) is 0 Å². The monoisotopic (exact) mass is 288 g/mol. The van der Waals surface area contributed by atoms with Crippen LogP contribution in [0.4, 0.5) is 13.2 Å². The van der Waals surface area contributed by atoms with Crippen molar-refractivity contribution in [1.82, 2.24) is 0 Å². The van der Waals surface area contributed by atoms with Gasteiger partial charge in [0.2, 0.25) is 0 Å². The molecule has 0 saturated carbocycles. The highest BCUT2D eigenvalue weighted by molar-refractivity contribution is 5.89. The Bertz CT molecular complexity index is 535. The molecule has 1 saturated heterocycles. The molecule has 1 aromatic rings. The molecule has 0 unspecified atom stereocenters. The average Bonchev–Trinajstić information content (AvgIpc) is 2.35. The Balaban J connectivity index is 2.42. The molecule has 1 aliphatic heterocycles. The van der Waals surface area contributed by atoms with Crippen LogP contribution in [0.2, 0.25) is 0 Å². The first kappa shape index (κ1) is 14.4. The van der Waals surface area contributed by atoms with E-state index in [-0.39, 0.29) is 24.2 Å². The number of alkyl halides is 3. The first-order valence-corrected chi connectivity index (χ1v) is 5.80. The molecule has 0 spiro atoms. The lowest BCUT2D eigenvalue weighted by atomic mass is 9.89. The van der Waals surface area contributed by atoms with Crippen LogP contribution in [0, 0.1) is 0 Å². The highest BCUT2D eigenvalue weighted by Crippen LogP contribution is 2.38. The first-order chi connectivity index (χ1) is 9.31. The standard InChI is InChI=1S/C13H11F3O4/c1-19-10-3-2-8(13(14,15)16)6-9(10)7-4-11(17)20-12(18)5-7/h2-3,6-7H,4-5H2,1H3. The number of cyclic esters (lactones) is 2. The number of hydrogen-bond donors (Lipinski definition) is 0. The van der Waals surface area contributed by atoms with Crippen molar-refractivity contribution in [3.63, 3.8) is 0 Å². The Hall–Kier alpha value is -2.05. The second-order valence-electron chi connectivity index (χ2n) is 4.41. The number of rotatable bonds is 2. The molecule has 0 amide bonds. The van der Waals surface area contributed by atoms with Gasteiger partial charge in [0.25, 0.3) is 0 Å². The van der Waals surface area contributed by atoms with Gasteiger partial charge >= 0.3 is 18.1 Å². The Morgan fingerprint density at radius 2 is 1.80 bits per heavy atom. The second kappa shape index (κ2) is 5.15. The van der Waals surface area contributed by atoms with Crippen LogP contribution in [0.3, 0.4) is 0 Å². The summed E-state index contributed by atoms with van der Waals surface area (Å²) in [4.78, 5) is 22.5. The predicted octanol–water partition coefficient (Wildman–Crippen LogP) is 2.66. The van der Waals surface area contributed by atoms with Gasteiger partial charge < -0.3 is 9.47 Å². The van der Waals surface area contributed by atoms with Crippen molar-refractivity contribution < 1.29 is 32.2 Å². The van der Waals surface area contributed by atoms with Gasteiger partial charge in [-0.3, -0.25) is 9.59 Å². The normalized spacial score (nSPS) is 17.0. The summed E-state index contributed by atoms with van der Waals surface area (Å²) in [7, 11) is 1.31. The highest BCUT2D eigenvalue weighted by atomic mass is 19.4. The van der Waals surface area contributed by atoms with Crippen molar-refractivity contribution >= 4 is 11.9 Å². The van der Waals surface area contributed by atoms with Gasteiger partial charge in [-0.25, -0.2) is 0 Å². The molecule has 1 aromatic carbocycles. The quantitative estimate of drug-likeness (QED) is 0.620. The zero-order chi connectivity index (χ0) is 14.9. The van der Waals surface area contributed by atoms with Crippen LogP contribution >= 0.6 is 0 Å². The van der Waals surface area contributed by atoms with Crippen LogP contribution in [-0.2, 0) is 20.5 Å². The summed E-state index contributed by atoms with van der Waals surface area (Å²) in [6, 6.07) is 2.99. The van der Waals surface area contributed by atoms with Crippen molar-refractivity contribution in [1.29, 1.82) is 0 Å². The molecule has 4 nitrogen and oxygen atoms in total. The molecule has 0 N–H and O–H groups in total. The number of methoxy groups -OCH3 is 1. The van der Waals surface area contributed by atoms with E-state index >= 15 is 0 Å². The minimum atomic E-state index is -4.50. The zero-order valence-electron chi connectivity index (χ0n) is 10.5. The minimum absolute atomic E-state index is 0.149. The smallest absolute Gasteiger partial charge is 0.416 e. The second-order valence-corrected chi connectivity index (χ2v) is 4.41. The van der Waals surface area contributed by atoms with E-state index in [2.05, 4.69) is 4.74 Å². The van der Waals surface area contributed by atoms with Crippen LogP contribution in [-0.4, -0.2) is 19.0 Å².